The third-order valence-electron chi connectivity index (χ3n) is 3.29. The summed E-state index contributed by atoms with van der Waals surface area (Å²) in [6.07, 6.45) is 5.73. The van der Waals surface area contributed by atoms with E-state index in [1.54, 1.807) is 7.05 Å². The number of rotatable bonds is 3. The van der Waals surface area contributed by atoms with Crippen molar-refractivity contribution in [2.24, 2.45) is 7.05 Å². The molecular formula is C11H16N4O2S. The summed E-state index contributed by atoms with van der Waals surface area (Å²) < 4.78 is 28.3. The highest BCUT2D eigenvalue weighted by Crippen LogP contribution is 2.25. The summed E-state index contributed by atoms with van der Waals surface area (Å²) in [5, 5.41) is 12.4. The number of aryl methyl sites for hydroxylation is 1. The number of aromatic nitrogens is 2. The first-order valence-electron chi connectivity index (χ1n) is 5.98. The average Bonchev–Trinajstić information content (AvgIpc) is 2.71. The van der Waals surface area contributed by atoms with Crippen molar-refractivity contribution in [3.8, 4) is 6.07 Å². The molecule has 1 aliphatic carbocycles. The van der Waals surface area contributed by atoms with Gasteiger partial charge in [-0.05, 0) is 12.8 Å². The average molecular weight is 268 g/mol. The van der Waals surface area contributed by atoms with Gasteiger partial charge in [-0.15, -0.1) is 0 Å². The Hall–Kier alpha value is -1.55. The van der Waals surface area contributed by atoms with E-state index in [-0.39, 0.29) is 16.6 Å². The maximum atomic E-state index is 12.2. The molecule has 0 spiro atoms. The fourth-order valence-corrected chi connectivity index (χ4v) is 3.87. The Kier molecular flexibility index (Phi) is 3.57. The van der Waals surface area contributed by atoms with E-state index in [0.717, 1.165) is 19.3 Å². The molecule has 0 aromatic carbocycles. The van der Waals surface area contributed by atoms with Crippen LogP contribution in [0.4, 0.5) is 5.82 Å². The monoisotopic (exact) mass is 268 g/mol. The topological polar surface area (TPSA) is 87.8 Å². The summed E-state index contributed by atoms with van der Waals surface area (Å²) in [4.78, 5) is 0. The van der Waals surface area contributed by atoms with E-state index in [4.69, 9.17) is 5.26 Å². The fourth-order valence-electron chi connectivity index (χ4n) is 2.23. The zero-order valence-electron chi connectivity index (χ0n) is 10.3. The van der Waals surface area contributed by atoms with E-state index in [1.165, 1.54) is 10.9 Å². The molecule has 2 rings (SSSR count). The molecule has 0 bridgehead atoms. The summed E-state index contributed by atoms with van der Waals surface area (Å²) in [5.74, 6) is 0.253. The zero-order chi connectivity index (χ0) is 13.2. The van der Waals surface area contributed by atoms with Crippen LogP contribution in [0.2, 0.25) is 0 Å². The molecule has 1 aliphatic rings. The van der Waals surface area contributed by atoms with Crippen molar-refractivity contribution in [3.05, 3.63) is 11.8 Å². The number of hydrogen-bond donors (Lipinski definition) is 1. The molecule has 1 saturated carbocycles. The van der Waals surface area contributed by atoms with Gasteiger partial charge in [0.05, 0.1) is 11.4 Å². The van der Waals surface area contributed by atoms with Gasteiger partial charge in [0.25, 0.3) is 0 Å². The Morgan fingerprint density at radius 2 is 2.11 bits per heavy atom. The van der Waals surface area contributed by atoms with Gasteiger partial charge in [-0.25, -0.2) is 8.42 Å². The van der Waals surface area contributed by atoms with Crippen molar-refractivity contribution in [1.29, 1.82) is 5.26 Å². The summed E-state index contributed by atoms with van der Waals surface area (Å²) in [7, 11) is -1.81. The molecule has 1 fully saturated rings. The normalized spacial score (nSPS) is 17.3. The Balaban J connectivity index is 2.22. The molecule has 0 aliphatic heterocycles. The van der Waals surface area contributed by atoms with Crippen LogP contribution in [0.3, 0.4) is 0 Å². The van der Waals surface area contributed by atoms with Crippen molar-refractivity contribution in [2.45, 2.75) is 37.4 Å². The van der Waals surface area contributed by atoms with E-state index < -0.39 is 10.0 Å². The molecule has 18 heavy (non-hydrogen) atoms. The third kappa shape index (κ3) is 2.48. The first-order valence-corrected chi connectivity index (χ1v) is 7.53. The van der Waals surface area contributed by atoms with Crippen molar-refractivity contribution in [2.75, 3.05) is 4.72 Å². The van der Waals surface area contributed by atoms with Crippen molar-refractivity contribution in [3.63, 3.8) is 0 Å². The Morgan fingerprint density at radius 1 is 1.44 bits per heavy atom. The van der Waals surface area contributed by atoms with Gasteiger partial charge in [0.15, 0.2) is 5.82 Å². The standard InChI is InChI=1S/C11H16N4O2S/c1-15-11(9(7-12)8-13-15)14-18(16,17)10-5-3-2-4-6-10/h8,10,14H,2-6H2,1H3. The molecule has 7 heteroatoms. The summed E-state index contributed by atoms with van der Waals surface area (Å²) in [6.45, 7) is 0. The summed E-state index contributed by atoms with van der Waals surface area (Å²) in [6, 6.07) is 1.93. The zero-order valence-corrected chi connectivity index (χ0v) is 11.1. The van der Waals surface area contributed by atoms with Gasteiger partial charge in [0.2, 0.25) is 10.0 Å². The Bertz CT molecular complexity index is 564. The second-order valence-electron chi connectivity index (χ2n) is 4.55. The van der Waals surface area contributed by atoms with Crippen LogP contribution in [-0.4, -0.2) is 23.4 Å². The highest BCUT2D eigenvalue weighted by molar-refractivity contribution is 7.93. The molecule has 6 nitrogen and oxygen atoms in total. The minimum Gasteiger partial charge on any atom is -0.266 e. The Morgan fingerprint density at radius 3 is 2.72 bits per heavy atom. The highest BCUT2D eigenvalue weighted by atomic mass is 32.2. The molecule has 1 N–H and O–H groups in total. The predicted molar refractivity (Wildman–Crippen MR) is 67.3 cm³/mol. The molecular weight excluding hydrogens is 252 g/mol. The molecule has 1 aromatic rings. The number of sulfonamides is 1. The van der Waals surface area contributed by atoms with E-state index in [1.807, 2.05) is 6.07 Å². The lowest BCUT2D eigenvalue weighted by Crippen LogP contribution is -2.30. The van der Waals surface area contributed by atoms with Crippen LogP contribution in [0, 0.1) is 11.3 Å². The van der Waals surface area contributed by atoms with Gasteiger partial charge in [-0.3, -0.25) is 9.40 Å². The van der Waals surface area contributed by atoms with Crippen LogP contribution in [0.1, 0.15) is 37.7 Å². The van der Waals surface area contributed by atoms with Crippen LogP contribution in [0.5, 0.6) is 0 Å². The quantitative estimate of drug-likeness (QED) is 0.896. The SMILES string of the molecule is Cn1ncc(C#N)c1NS(=O)(=O)C1CCCCC1. The third-order valence-corrected chi connectivity index (χ3v) is 5.12. The van der Waals surface area contributed by atoms with Gasteiger partial charge >= 0.3 is 0 Å². The Labute approximate surface area is 107 Å². The maximum absolute atomic E-state index is 12.2. The minimum atomic E-state index is -3.42. The lowest BCUT2D eigenvalue weighted by atomic mass is 10.0. The van der Waals surface area contributed by atoms with Crippen LogP contribution >= 0.6 is 0 Å². The fraction of sp³-hybridized carbons (Fsp3) is 0.636. The van der Waals surface area contributed by atoms with Gasteiger partial charge in [-0.1, -0.05) is 19.3 Å². The number of nitriles is 1. The van der Waals surface area contributed by atoms with Crippen molar-refractivity contribution in [1.82, 2.24) is 9.78 Å². The first kappa shape index (κ1) is 12.9. The van der Waals surface area contributed by atoms with E-state index in [9.17, 15) is 8.42 Å². The van der Waals surface area contributed by atoms with Crippen molar-refractivity contribution >= 4 is 15.8 Å². The summed E-state index contributed by atoms with van der Waals surface area (Å²) >= 11 is 0. The highest BCUT2D eigenvalue weighted by Gasteiger charge is 2.28. The molecule has 1 aromatic heterocycles. The smallest absolute Gasteiger partial charge is 0.236 e. The van der Waals surface area contributed by atoms with Gasteiger partial charge in [-0.2, -0.15) is 10.4 Å². The molecule has 98 valence electrons. The second kappa shape index (κ2) is 4.98. The minimum absolute atomic E-state index is 0.247. The molecule has 0 radical (unpaired) electrons. The molecule has 0 amide bonds. The van der Waals surface area contributed by atoms with Crippen LogP contribution < -0.4 is 4.72 Å². The van der Waals surface area contributed by atoms with Crippen molar-refractivity contribution < 1.29 is 8.42 Å². The molecule has 0 saturated heterocycles. The van der Waals surface area contributed by atoms with Gasteiger partial charge in [0, 0.05) is 7.05 Å². The number of nitrogens with one attached hydrogen (secondary N) is 1. The first-order chi connectivity index (χ1) is 8.54. The molecule has 1 heterocycles. The van der Waals surface area contributed by atoms with Crippen LogP contribution in [-0.2, 0) is 17.1 Å². The number of nitrogens with zero attached hydrogens (tertiary/aromatic N) is 3. The van der Waals surface area contributed by atoms with E-state index in [0.29, 0.717) is 12.8 Å². The maximum Gasteiger partial charge on any atom is 0.236 e. The predicted octanol–water partition coefficient (Wildman–Crippen LogP) is 1.37. The van der Waals surface area contributed by atoms with E-state index in [2.05, 4.69) is 9.82 Å². The van der Waals surface area contributed by atoms with Gasteiger partial charge in [0.1, 0.15) is 11.6 Å². The van der Waals surface area contributed by atoms with Crippen LogP contribution in [0.25, 0.3) is 0 Å². The second-order valence-corrected chi connectivity index (χ2v) is 6.51. The molecule has 0 atom stereocenters. The summed E-state index contributed by atoms with van der Waals surface area (Å²) in [5.41, 5.74) is 0.247. The van der Waals surface area contributed by atoms with E-state index >= 15 is 0 Å². The number of hydrogen-bond acceptors (Lipinski definition) is 4. The van der Waals surface area contributed by atoms with Crippen LogP contribution in [0.15, 0.2) is 6.20 Å². The molecule has 0 unspecified atom stereocenters. The lowest BCUT2D eigenvalue weighted by Gasteiger charge is -2.22. The largest absolute Gasteiger partial charge is 0.266 e. The lowest BCUT2D eigenvalue weighted by molar-refractivity contribution is 0.486. The number of anilines is 1. The van der Waals surface area contributed by atoms with Gasteiger partial charge < -0.3 is 0 Å².